The fourth-order valence-corrected chi connectivity index (χ4v) is 1.60. The van der Waals surface area contributed by atoms with Crippen LogP contribution in [0, 0.1) is 0 Å². The van der Waals surface area contributed by atoms with Crippen LogP contribution in [0.2, 0.25) is 0 Å². The summed E-state index contributed by atoms with van der Waals surface area (Å²) in [6.07, 6.45) is 1.27. The normalized spacial score (nSPS) is 49.5. The molecule has 0 bridgehead atoms. The molecule has 0 aliphatic carbocycles. The maximum atomic E-state index is 7.64. The van der Waals surface area contributed by atoms with Gasteiger partial charge in [-0.05, 0) is 19.4 Å². The molecule has 4 nitrogen and oxygen atoms in total. The van der Waals surface area contributed by atoms with Gasteiger partial charge in [0.2, 0.25) is 0 Å². The Bertz CT molecular complexity index is 668. The van der Waals surface area contributed by atoms with Crippen LogP contribution in [-0.4, -0.2) is 80.8 Å². The van der Waals surface area contributed by atoms with Crippen molar-refractivity contribution in [1.82, 2.24) is 10.2 Å². The summed E-state index contributed by atoms with van der Waals surface area (Å²) in [5, 5.41) is 2.63. The first-order valence-electron chi connectivity index (χ1n) is 13.9. The minimum atomic E-state index is -2.96. The molecule has 128 valence electrons. The Morgan fingerprint density at radius 1 is 1.00 bits per heavy atom. The maximum Gasteiger partial charge on any atom is 0.0594 e. The van der Waals surface area contributed by atoms with Crippen molar-refractivity contribution in [1.29, 1.82) is 0 Å². The number of ether oxygens (including phenoxy) is 2. The summed E-state index contributed by atoms with van der Waals surface area (Å²) in [4.78, 5) is 0.492. The second kappa shape index (κ2) is 18.9. The van der Waals surface area contributed by atoms with E-state index < -0.39 is 52.2 Å². The summed E-state index contributed by atoms with van der Waals surface area (Å²) < 4.78 is 125. The minimum Gasteiger partial charge on any atom is -0.379 e. The first-order chi connectivity index (χ1) is 16.2. The van der Waals surface area contributed by atoms with Crippen LogP contribution in [0.25, 0.3) is 0 Å². The zero-order valence-electron chi connectivity index (χ0n) is 27.1. The summed E-state index contributed by atoms with van der Waals surface area (Å²) >= 11 is 14.0. The summed E-state index contributed by atoms with van der Waals surface area (Å²) in [6.45, 7) is -23.2. The van der Waals surface area contributed by atoms with Crippen LogP contribution in [0.3, 0.4) is 0 Å². The number of halogens is 3. The molecule has 2 saturated heterocycles. The van der Waals surface area contributed by atoms with Gasteiger partial charge in [0.15, 0.2) is 0 Å². The van der Waals surface area contributed by atoms with E-state index in [4.69, 9.17) is 45.1 Å². The smallest absolute Gasteiger partial charge is 0.0594 e. The molecule has 0 aromatic carbocycles. The van der Waals surface area contributed by atoms with E-state index in [2.05, 4.69) is 25.4 Å². The van der Waals surface area contributed by atoms with Crippen molar-refractivity contribution in [3.63, 3.8) is 0 Å². The second-order valence-electron chi connectivity index (χ2n) is 3.14. The zero-order chi connectivity index (χ0) is 29.9. The van der Waals surface area contributed by atoms with Crippen molar-refractivity contribution in [3.05, 3.63) is 0 Å². The Kier molecular flexibility index (Phi) is 6.34. The van der Waals surface area contributed by atoms with Gasteiger partial charge in [-0.3, -0.25) is 4.90 Å². The molecule has 2 fully saturated rings. The van der Waals surface area contributed by atoms with Gasteiger partial charge >= 0.3 is 0 Å². The maximum absolute atomic E-state index is 7.64. The zero-order valence-corrected chi connectivity index (χ0v) is 14.2. The van der Waals surface area contributed by atoms with E-state index in [0.717, 1.165) is 17.6 Å². The predicted molar refractivity (Wildman–Crippen MR) is 95.4 cm³/mol. The van der Waals surface area contributed by atoms with Crippen LogP contribution in [0.1, 0.15) is 34.8 Å². The van der Waals surface area contributed by atoms with Gasteiger partial charge in [0, 0.05) is 54.0 Å². The lowest BCUT2D eigenvalue weighted by Crippen LogP contribution is -2.36. The predicted octanol–water partition coefficient (Wildman–Crippen LogP) is 2.56. The van der Waals surface area contributed by atoms with E-state index in [1.165, 1.54) is 0 Å². The molecule has 0 atom stereocenters. The summed E-state index contributed by atoms with van der Waals surface area (Å²) in [7, 11) is 0. The molecule has 0 aromatic heterocycles. The molecule has 1 N–H and O–H groups in total. The van der Waals surface area contributed by atoms with Crippen molar-refractivity contribution < 1.29 is 31.4 Å². The molecule has 0 aromatic rings. The van der Waals surface area contributed by atoms with Gasteiger partial charge in [0.1, 0.15) is 0 Å². The molecule has 0 amide bonds. The van der Waals surface area contributed by atoms with E-state index >= 15 is 0 Å². The lowest BCUT2D eigenvalue weighted by molar-refractivity contribution is 0.0381. The third-order valence-corrected chi connectivity index (χ3v) is 2.67. The Hall–Kier alpha value is 0.900. The molecule has 2 aliphatic rings. The van der Waals surface area contributed by atoms with Crippen molar-refractivity contribution in [2.45, 2.75) is 12.8 Å². The van der Waals surface area contributed by atoms with Crippen LogP contribution in [0.15, 0.2) is 0 Å². The highest BCUT2D eigenvalue weighted by Crippen LogP contribution is 1.98. The third-order valence-electron chi connectivity index (χ3n) is 1.58. The lowest BCUT2D eigenvalue weighted by atomic mass is 10.4. The van der Waals surface area contributed by atoms with Gasteiger partial charge in [0.05, 0.1) is 37.2 Å². The number of hydrogen-bond acceptors (Lipinski definition) is 4. The van der Waals surface area contributed by atoms with E-state index in [9.17, 15) is 0 Å². The quantitative estimate of drug-likeness (QED) is 0.689. The summed E-state index contributed by atoms with van der Waals surface area (Å²) in [5.41, 5.74) is 0. The number of nitrogens with one attached hydrogen (secondary N) is 1. The standard InChI is InChI=1S/C7H14ClNO.C4H9NO.C3H6BrCl/c8-2-1-3-9-4-6-10-7-5-9;1-3-6-4-2-5-1;4-2-1-3-5/h1-7H2;5H,1-4H2;1-3H2/i4D2,5D2,6D2,7D2;1D2,2D2,3D2,4D2;. The average Bonchev–Trinajstić information content (AvgIpc) is 2.65. The van der Waals surface area contributed by atoms with Crippen LogP contribution >= 0.6 is 39.1 Å². The Morgan fingerprint density at radius 3 is 2.00 bits per heavy atom. The largest absolute Gasteiger partial charge is 0.379 e. The van der Waals surface area contributed by atoms with Gasteiger partial charge in [0.25, 0.3) is 0 Å². The van der Waals surface area contributed by atoms with Gasteiger partial charge in [-0.2, -0.15) is 0 Å². The molecule has 0 radical (unpaired) electrons. The number of hydrogen-bond donors (Lipinski definition) is 1. The van der Waals surface area contributed by atoms with Gasteiger partial charge in [-0.15, -0.1) is 23.2 Å². The van der Waals surface area contributed by atoms with Crippen molar-refractivity contribution in [2.24, 2.45) is 0 Å². The van der Waals surface area contributed by atoms with Gasteiger partial charge < -0.3 is 14.8 Å². The van der Waals surface area contributed by atoms with E-state index in [-0.39, 0.29) is 18.8 Å². The summed E-state index contributed by atoms with van der Waals surface area (Å²) in [5.74, 6) is 0.904. The Morgan fingerprint density at radius 2 is 1.57 bits per heavy atom. The van der Waals surface area contributed by atoms with Crippen molar-refractivity contribution >= 4 is 39.1 Å². The minimum absolute atomic E-state index is 0.134. The lowest BCUT2D eigenvalue weighted by Gasteiger charge is -2.25. The molecule has 2 rings (SSSR count). The number of rotatable bonds is 5. The molecule has 2 heterocycles. The Balaban J connectivity index is 0.000000605. The van der Waals surface area contributed by atoms with Crippen molar-refractivity contribution in [2.75, 3.05) is 75.9 Å². The summed E-state index contributed by atoms with van der Waals surface area (Å²) in [6, 6.07) is 0. The second-order valence-corrected chi connectivity index (χ2v) is 4.69. The van der Waals surface area contributed by atoms with E-state index in [1.807, 2.05) is 0 Å². The average molecular weight is 424 g/mol. The highest BCUT2D eigenvalue weighted by atomic mass is 79.9. The molecule has 0 unspecified atom stereocenters. The highest BCUT2D eigenvalue weighted by Gasteiger charge is 2.08. The molecular weight excluding hydrogens is 379 g/mol. The molecular formula is C14H29BrCl2N2O2. The number of nitrogens with zero attached hydrogens (tertiary/aromatic N) is 1. The first kappa shape index (κ1) is 7.03. The monoisotopic (exact) mass is 422 g/mol. The fourth-order valence-electron chi connectivity index (χ4n) is 0.748. The van der Waals surface area contributed by atoms with Crippen LogP contribution in [-0.2, 0) is 9.47 Å². The SMILES string of the molecule is ClCCCBr.[2H]C1([2H])NC([2H])([2H])C([2H])([2H])OC1([2H])[2H].[2H]C1([2H])OC([2H])([2H])C([2H])([2H])N(CCCCl)C1([2H])[2H]. The first-order valence-corrected chi connectivity index (χ1v) is 8.07. The number of alkyl halides is 3. The van der Waals surface area contributed by atoms with E-state index in [0.29, 0.717) is 4.90 Å². The molecule has 0 saturated carbocycles. The highest BCUT2D eigenvalue weighted by molar-refractivity contribution is 9.09. The topological polar surface area (TPSA) is 33.7 Å². The molecule has 21 heavy (non-hydrogen) atoms. The molecule has 7 heteroatoms. The van der Waals surface area contributed by atoms with Crippen LogP contribution in [0.5, 0.6) is 0 Å². The van der Waals surface area contributed by atoms with Gasteiger partial charge in [-0.25, -0.2) is 0 Å². The van der Waals surface area contributed by atoms with Crippen LogP contribution < -0.4 is 5.32 Å². The van der Waals surface area contributed by atoms with Crippen molar-refractivity contribution in [3.8, 4) is 0 Å². The van der Waals surface area contributed by atoms with Crippen LogP contribution in [0.4, 0.5) is 0 Å². The van der Waals surface area contributed by atoms with Gasteiger partial charge in [-0.1, -0.05) is 15.9 Å². The molecule has 0 spiro atoms. The fraction of sp³-hybridized carbons (Fsp3) is 1.00. The Labute approximate surface area is 170 Å². The van der Waals surface area contributed by atoms with E-state index in [1.54, 1.807) is 5.32 Å². The third kappa shape index (κ3) is 17.1. The number of morpholine rings is 2. The molecule has 2 aliphatic heterocycles.